The van der Waals surface area contributed by atoms with Crippen LogP contribution in [0.3, 0.4) is 0 Å². The van der Waals surface area contributed by atoms with Crippen molar-refractivity contribution in [2.75, 3.05) is 0 Å². The minimum Gasteiger partial charge on any atom is -0.480 e. The summed E-state index contributed by atoms with van der Waals surface area (Å²) in [5.74, 6) is -2.69. The first kappa shape index (κ1) is 16.4. The predicted octanol–water partition coefficient (Wildman–Crippen LogP) is 2.59. The number of rotatable bonds is 3. The van der Waals surface area contributed by atoms with Gasteiger partial charge in [0.05, 0.1) is 16.6 Å². The van der Waals surface area contributed by atoms with Gasteiger partial charge in [-0.05, 0) is 31.2 Å². The van der Waals surface area contributed by atoms with Crippen LogP contribution >= 0.6 is 0 Å². The number of nitrogens with zero attached hydrogens (tertiary/aromatic N) is 2. The highest BCUT2D eigenvalue weighted by molar-refractivity contribution is 5.97. The molecule has 1 heterocycles. The first-order valence-corrected chi connectivity index (χ1v) is 7.89. The first-order valence-electron chi connectivity index (χ1n) is 7.89. The van der Waals surface area contributed by atoms with E-state index in [1.54, 1.807) is 0 Å². The Labute approximate surface area is 137 Å². The lowest BCUT2D eigenvalue weighted by molar-refractivity contribution is -0.385. The van der Waals surface area contributed by atoms with Crippen molar-refractivity contribution in [1.82, 2.24) is 4.90 Å². The van der Waals surface area contributed by atoms with Crippen LogP contribution in [0.1, 0.15) is 42.5 Å². The summed E-state index contributed by atoms with van der Waals surface area (Å²) in [6.07, 6.45) is 3.84. The highest BCUT2D eigenvalue weighted by Crippen LogP contribution is 2.40. The molecule has 1 saturated heterocycles. The Bertz CT molecular complexity index is 708. The standard InChI is InChI=1S/C16H17FN2O5/c17-12-8-10(19(23)24)5-6-11(12)15(20)18-13-4-2-1-3-9(13)7-14(18)16(21)22/h5-6,8-9,13-14H,1-4,7H2,(H,21,22). The molecular formula is C16H17FN2O5. The summed E-state index contributed by atoms with van der Waals surface area (Å²) >= 11 is 0. The van der Waals surface area contributed by atoms with Crippen LogP contribution in [0.5, 0.6) is 0 Å². The van der Waals surface area contributed by atoms with Crippen molar-refractivity contribution >= 4 is 17.6 Å². The molecule has 1 aliphatic carbocycles. The van der Waals surface area contributed by atoms with E-state index in [-0.39, 0.29) is 17.5 Å². The second kappa shape index (κ2) is 6.18. The van der Waals surface area contributed by atoms with Crippen molar-refractivity contribution in [2.45, 2.75) is 44.2 Å². The number of carbonyl (C=O) groups is 2. The van der Waals surface area contributed by atoms with Crippen LogP contribution in [0.4, 0.5) is 10.1 Å². The van der Waals surface area contributed by atoms with Crippen LogP contribution in [0.25, 0.3) is 0 Å². The number of fused-ring (bicyclic) bond motifs is 1. The molecule has 1 aliphatic heterocycles. The van der Waals surface area contributed by atoms with Gasteiger partial charge >= 0.3 is 5.97 Å². The lowest BCUT2D eigenvalue weighted by atomic mass is 9.84. The van der Waals surface area contributed by atoms with Gasteiger partial charge in [0.1, 0.15) is 11.9 Å². The SMILES string of the molecule is O=C(O)C1CC2CCCCC2N1C(=O)c1ccc([N+](=O)[O-])cc1F. The van der Waals surface area contributed by atoms with E-state index in [1.807, 2.05) is 0 Å². The summed E-state index contributed by atoms with van der Waals surface area (Å²) < 4.78 is 14.2. The number of hydrogen-bond donors (Lipinski definition) is 1. The van der Waals surface area contributed by atoms with Crippen LogP contribution in [0.15, 0.2) is 18.2 Å². The lowest BCUT2D eigenvalue weighted by Gasteiger charge is -2.33. The molecule has 0 aromatic heterocycles. The maximum absolute atomic E-state index is 14.2. The van der Waals surface area contributed by atoms with E-state index in [0.29, 0.717) is 18.9 Å². The second-order valence-electron chi connectivity index (χ2n) is 6.34. The quantitative estimate of drug-likeness (QED) is 0.675. The molecule has 1 saturated carbocycles. The van der Waals surface area contributed by atoms with E-state index >= 15 is 0 Å². The van der Waals surface area contributed by atoms with Crippen LogP contribution in [-0.4, -0.2) is 38.9 Å². The molecule has 2 fully saturated rings. The summed E-state index contributed by atoms with van der Waals surface area (Å²) in [4.78, 5) is 35.5. The molecule has 2 aliphatic rings. The van der Waals surface area contributed by atoms with Gasteiger partial charge in [0.2, 0.25) is 0 Å². The molecule has 3 atom stereocenters. The van der Waals surface area contributed by atoms with Crippen molar-refractivity contribution < 1.29 is 24.0 Å². The number of likely N-dealkylation sites (tertiary alicyclic amines) is 1. The Morgan fingerprint density at radius 3 is 2.62 bits per heavy atom. The number of hydrogen-bond acceptors (Lipinski definition) is 4. The zero-order valence-corrected chi connectivity index (χ0v) is 12.9. The summed E-state index contributed by atoms with van der Waals surface area (Å²) in [5, 5.41) is 20.1. The number of nitro groups is 1. The van der Waals surface area contributed by atoms with Gasteiger partial charge in [-0.1, -0.05) is 12.8 Å². The molecule has 24 heavy (non-hydrogen) atoms. The van der Waals surface area contributed by atoms with Gasteiger partial charge in [-0.15, -0.1) is 0 Å². The Kier molecular flexibility index (Phi) is 4.21. The third-order valence-electron chi connectivity index (χ3n) is 5.00. The summed E-state index contributed by atoms with van der Waals surface area (Å²) in [6, 6.07) is 1.63. The average Bonchev–Trinajstić information content (AvgIpc) is 2.93. The van der Waals surface area contributed by atoms with Crippen LogP contribution in [-0.2, 0) is 4.79 Å². The molecule has 3 unspecified atom stereocenters. The molecule has 1 N–H and O–H groups in total. The largest absolute Gasteiger partial charge is 0.480 e. The average molecular weight is 336 g/mol. The van der Waals surface area contributed by atoms with Gasteiger partial charge in [0.15, 0.2) is 0 Å². The number of halogens is 1. The normalized spacial score (nSPS) is 26.0. The maximum Gasteiger partial charge on any atom is 0.326 e. The number of benzene rings is 1. The number of non-ortho nitro benzene ring substituents is 1. The Balaban J connectivity index is 1.94. The third-order valence-corrected chi connectivity index (χ3v) is 5.00. The third kappa shape index (κ3) is 2.72. The molecule has 1 aromatic carbocycles. The van der Waals surface area contributed by atoms with E-state index in [0.717, 1.165) is 31.4 Å². The zero-order valence-electron chi connectivity index (χ0n) is 12.9. The highest BCUT2D eigenvalue weighted by Gasteiger charge is 2.48. The maximum atomic E-state index is 14.2. The number of carbonyl (C=O) groups excluding carboxylic acids is 1. The van der Waals surface area contributed by atoms with E-state index < -0.39 is 34.3 Å². The summed E-state index contributed by atoms with van der Waals surface area (Å²) in [7, 11) is 0. The molecule has 1 aromatic rings. The van der Waals surface area contributed by atoms with Crippen LogP contribution < -0.4 is 0 Å². The fourth-order valence-corrected chi connectivity index (χ4v) is 3.90. The second-order valence-corrected chi connectivity index (χ2v) is 6.34. The fourth-order valence-electron chi connectivity index (χ4n) is 3.90. The molecule has 1 amide bonds. The van der Waals surface area contributed by atoms with Gasteiger partial charge in [-0.2, -0.15) is 0 Å². The lowest BCUT2D eigenvalue weighted by Crippen LogP contribution is -2.46. The summed E-state index contributed by atoms with van der Waals surface area (Å²) in [6.45, 7) is 0. The van der Waals surface area contributed by atoms with E-state index in [2.05, 4.69) is 0 Å². The van der Waals surface area contributed by atoms with Gasteiger partial charge in [0, 0.05) is 12.1 Å². The molecule has 0 spiro atoms. The minimum atomic E-state index is -1.10. The van der Waals surface area contributed by atoms with Gasteiger partial charge in [-0.3, -0.25) is 14.9 Å². The van der Waals surface area contributed by atoms with Crippen molar-refractivity contribution in [3.8, 4) is 0 Å². The number of carboxylic acid groups (broad SMARTS) is 1. The molecule has 0 radical (unpaired) electrons. The van der Waals surface area contributed by atoms with Crippen LogP contribution in [0.2, 0.25) is 0 Å². The van der Waals surface area contributed by atoms with Crippen molar-refractivity contribution in [3.05, 3.63) is 39.7 Å². The molecule has 3 rings (SSSR count). The first-order chi connectivity index (χ1) is 11.4. The Morgan fingerprint density at radius 1 is 1.29 bits per heavy atom. The smallest absolute Gasteiger partial charge is 0.326 e. The molecule has 7 nitrogen and oxygen atoms in total. The van der Waals surface area contributed by atoms with E-state index in [4.69, 9.17) is 0 Å². The van der Waals surface area contributed by atoms with Crippen LogP contribution in [0, 0.1) is 21.8 Å². The molecule has 128 valence electrons. The van der Waals surface area contributed by atoms with Gasteiger partial charge in [-0.25, -0.2) is 9.18 Å². The van der Waals surface area contributed by atoms with Crippen molar-refractivity contribution in [1.29, 1.82) is 0 Å². The van der Waals surface area contributed by atoms with Gasteiger partial charge < -0.3 is 10.0 Å². The fraction of sp³-hybridized carbons (Fsp3) is 0.500. The molecular weight excluding hydrogens is 319 g/mol. The van der Waals surface area contributed by atoms with Gasteiger partial charge in [0.25, 0.3) is 11.6 Å². The Morgan fingerprint density at radius 2 is 2.00 bits per heavy atom. The number of amides is 1. The number of aliphatic carboxylic acids is 1. The Hall–Kier alpha value is -2.51. The van der Waals surface area contributed by atoms with Crippen molar-refractivity contribution in [3.63, 3.8) is 0 Å². The number of nitro benzene ring substituents is 1. The van der Waals surface area contributed by atoms with E-state index in [9.17, 15) is 29.2 Å². The predicted molar refractivity (Wildman–Crippen MR) is 81.0 cm³/mol. The topological polar surface area (TPSA) is 101 Å². The monoisotopic (exact) mass is 336 g/mol. The van der Waals surface area contributed by atoms with E-state index in [1.165, 1.54) is 4.90 Å². The zero-order chi connectivity index (χ0) is 17.4. The molecule has 0 bridgehead atoms. The minimum absolute atomic E-state index is 0.116. The molecule has 8 heteroatoms. The van der Waals surface area contributed by atoms with Crippen molar-refractivity contribution in [2.24, 2.45) is 5.92 Å². The summed E-state index contributed by atoms with van der Waals surface area (Å²) in [5.41, 5.74) is -0.770. The number of carboxylic acids is 1. The highest BCUT2D eigenvalue weighted by atomic mass is 19.1.